The van der Waals surface area contributed by atoms with Gasteiger partial charge in [-0.3, -0.25) is 4.79 Å². The van der Waals surface area contributed by atoms with E-state index in [2.05, 4.69) is 27.7 Å². The van der Waals surface area contributed by atoms with Gasteiger partial charge in [0.05, 0.1) is 0 Å². The minimum absolute atomic E-state index is 0. The third kappa shape index (κ3) is 5.15. The fourth-order valence-corrected chi connectivity index (χ4v) is 2.64. The Morgan fingerprint density at radius 2 is 1.89 bits per heavy atom. The summed E-state index contributed by atoms with van der Waals surface area (Å²) in [5.41, 5.74) is 5.97. The van der Waals surface area contributed by atoms with Gasteiger partial charge in [0.25, 0.3) is 0 Å². The van der Waals surface area contributed by atoms with Gasteiger partial charge in [0.1, 0.15) is 0 Å². The third-order valence-electron chi connectivity index (χ3n) is 3.53. The quantitative estimate of drug-likeness (QED) is 0.858. The normalized spacial score (nSPS) is 23.9. The van der Waals surface area contributed by atoms with Crippen LogP contribution in [0.4, 0.5) is 0 Å². The average molecular weight is 277 g/mol. The zero-order chi connectivity index (χ0) is 13.0. The number of amides is 1. The second kappa shape index (κ2) is 8.00. The molecule has 1 fully saturated rings. The van der Waals surface area contributed by atoms with Gasteiger partial charge >= 0.3 is 0 Å². The predicted molar refractivity (Wildman–Crippen MR) is 78.9 cm³/mol. The van der Waals surface area contributed by atoms with Crippen LogP contribution >= 0.6 is 12.4 Å². The average Bonchev–Trinajstić information content (AvgIpc) is 2.24. The highest BCUT2D eigenvalue weighted by molar-refractivity contribution is 5.85. The predicted octanol–water partition coefficient (Wildman–Crippen LogP) is 2.82. The summed E-state index contributed by atoms with van der Waals surface area (Å²) in [5, 5.41) is 0. The molecule has 2 unspecified atom stereocenters. The first kappa shape index (κ1) is 17.7. The van der Waals surface area contributed by atoms with E-state index in [1.54, 1.807) is 0 Å². The molecule has 1 amide bonds. The van der Waals surface area contributed by atoms with E-state index in [0.717, 1.165) is 32.2 Å². The Labute approximate surface area is 118 Å². The Morgan fingerprint density at radius 3 is 2.33 bits per heavy atom. The van der Waals surface area contributed by atoms with Gasteiger partial charge in [-0.1, -0.05) is 20.3 Å². The molecule has 0 aromatic rings. The highest BCUT2D eigenvalue weighted by Crippen LogP contribution is 2.26. The molecule has 0 aromatic heterocycles. The van der Waals surface area contributed by atoms with Crippen molar-refractivity contribution in [1.29, 1.82) is 0 Å². The van der Waals surface area contributed by atoms with Gasteiger partial charge in [-0.2, -0.15) is 0 Å². The van der Waals surface area contributed by atoms with Crippen LogP contribution < -0.4 is 5.73 Å². The molecule has 1 rings (SSSR count). The molecule has 0 spiro atoms. The van der Waals surface area contributed by atoms with Crippen LogP contribution in [-0.4, -0.2) is 29.4 Å². The second-order valence-electron chi connectivity index (χ2n) is 6.10. The minimum Gasteiger partial charge on any atom is -0.340 e. The molecular formula is C14H29ClN2O. The van der Waals surface area contributed by atoms with E-state index >= 15 is 0 Å². The van der Waals surface area contributed by atoms with Crippen molar-refractivity contribution in [2.75, 3.05) is 6.54 Å². The zero-order valence-corrected chi connectivity index (χ0v) is 13.0. The summed E-state index contributed by atoms with van der Waals surface area (Å²) in [6.45, 7) is 9.39. The molecule has 0 heterocycles. The number of rotatable bonds is 4. The van der Waals surface area contributed by atoms with Crippen molar-refractivity contribution in [3.63, 3.8) is 0 Å². The summed E-state index contributed by atoms with van der Waals surface area (Å²) >= 11 is 0. The largest absolute Gasteiger partial charge is 0.340 e. The lowest BCUT2D eigenvalue weighted by Crippen LogP contribution is -2.45. The first-order valence-corrected chi connectivity index (χ1v) is 6.97. The number of carbonyl (C=O) groups excluding carboxylic acids is 1. The van der Waals surface area contributed by atoms with Crippen molar-refractivity contribution in [1.82, 2.24) is 4.90 Å². The Hall–Kier alpha value is -0.280. The number of hydrogen-bond acceptors (Lipinski definition) is 2. The first-order valence-electron chi connectivity index (χ1n) is 6.97. The van der Waals surface area contributed by atoms with Gasteiger partial charge in [0.15, 0.2) is 0 Å². The molecule has 3 nitrogen and oxygen atoms in total. The van der Waals surface area contributed by atoms with Crippen LogP contribution in [-0.2, 0) is 4.79 Å². The number of nitrogens with two attached hydrogens (primary N) is 1. The Bertz CT molecular complexity index is 256. The molecule has 0 saturated heterocycles. The van der Waals surface area contributed by atoms with E-state index in [9.17, 15) is 4.79 Å². The van der Waals surface area contributed by atoms with E-state index in [-0.39, 0.29) is 24.4 Å². The van der Waals surface area contributed by atoms with Gasteiger partial charge < -0.3 is 10.6 Å². The van der Waals surface area contributed by atoms with Crippen LogP contribution in [0, 0.1) is 11.8 Å². The molecule has 0 radical (unpaired) electrons. The monoisotopic (exact) mass is 276 g/mol. The lowest BCUT2D eigenvalue weighted by molar-refractivity contribution is -0.139. The molecule has 1 aliphatic carbocycles. The van der Waals surface area contributed by atoms with E-state index in [1.165, 1.54) is 0 Å². The van der Waals surface area contributed by atoms with Gasteiger partial charge in [0.2, 0.25) is 5.91 Å². The molecule has 1 saturated carbocycles. The standard InChI is InChI=1S/C14H28N2O.ClH/c1-10(2)9-16(11(3)4)14(17)12-6-5-7-13(15)8-12;/h10-13H,5-9,15H2,1-4H3;1H. The molecular weight excluding hydrogens is 248 g/mol. The summed E-state index contributed by atoms with van der Waals surface area (Å²) in [4.78, 5) is 14.5. The van der Waals surface area contributed by atoms with Gasteiger partial charge in [-0.25, -0.2) is 0 Å². The Balaban J connectivity index is 0.00000289. The lowest BCUT2D eigenvalue weighted by Gasteiger charge is -2.34. The maximum Gasteiger partial charge on any atom is 0.225 e. The Morgan fingerprint density at radius 1 is 1.28 bits per heavy atom. The van der Waals surface area contributed by atoms with E-state index in [4.69, 9.17) is 5.73 Å². The van der Waals surface area contributed by atoms with Crippen molar-refractivity contribution in [3.8, 4) is 0 Å². The topological polar surface area (TPSA) is 46.3 Å². The fourth-order valence-electron chi connectivity index (χ4n) is 2.64. The third-order valence-corrected chi connectivity index (χ3v) is 3.53. The molecule has 2 N–H and O–H groups in total. The van der Waals surface area contributed by atoms with Crippen molar-refractivity contribution in [3.05, 3.63) is 0 Å². The molecule has 0 bridgehead atoms. The molecule has 4 heteroatoms. The smallest absolute Gasteiger partial charge is 0.225 e. The van der Waals surface area contributed by atoms with Crippen LogP contribution in [0.15, 0.2) is 0 Å². The number of hydrogen-bond donors (Lipinski definition) is 1. The zero-order valence-electron chi connectivity index (χ0n) is 12.2. The van der Waals surface area contributed by atoms with Crippen LogP contribution in [0.5, 0.6) is 0 Å². The van der Waals surface area contributed by atoms with Gasteiger partial charge in [-0.15, -0.1) is 12.4 Å². The molecule has 1 aliphatic rings. The van der Waals surface area contributed by atoms with Crippen LogP contribution in [0.2, 0.25) is 0 Å². The van der Waals surface area contributed by atoms with Crippen LogP contribution in [0.1, 0.15) is 53.4 Å². The van der Waals surface area contributed by atoms with Crippen molar-refractivity contribution >= 4 is 18.3 Å². The number of nitrogens with zero attached hydrogens (tertiary/aromatic N) is 1. The molecule has 2 atom stereocenters. The number of halogens is 1. The number of carbonyl (C=O) groups is 1. The second-order valence-corrected chi connectivity index (χ2v) is 6.10. The highest BCUT2D eigenvalue weighted by Gasteiger charge is 2.30. The maximum atomic E-state index is 12.5. The molecule has 0 aromatic carbocycles. The minimum atomic E-state index is 0. The summed E-state index contributed by atoms with van der Waals surface area (Å²) in [6.07, 6.45) is 4.08. The van der Waals surface area contributed by atoms with Crippen molar-refractivity contribution in [2.24, 2.45) is 17.6 Å². The van der Waals surface area contributed by atoms with E-state index in [0.29, 0.717) is 17.9 Å². The summed E-state index contributed by atoms with van der Waals surface area (Å²) in [7, 11) is 0. The van der Waals surface area contributed by atoms with Crippen molar-refractivity contribution < 1.29 is 4.79 Å². The molecule has 0 aliphatic heterocycles. The van der Waals surface area contributed by atoms with Crippen LogP contribution in [0.25, 0.3) is 0 Å². The molecule has 108 valence electrons. The molecule has 18 heavy (non-hydrogen) atoms. The van der Waals surface area contributed by atoms with Crippen LogP contribution in [0.3, 0.4) is 0 Å². The highest BCUT2D eigenvalue weighted by atomic mass is 35.5. The van der Waals surface area contributed by atoms with E-state index < -0.39 is 0 Å². The summed E-state index contributed by atoms with van der Waals surface area (Å²) in [5.74, 6) is 1.02. The summed E-state index contributed by atoms with van der Waals surface area (Å²) < 4.78 is 0. The summed E-state index contributed by atoms with van der Waals surface area (Å²) in [6, 6.07) is 0.522. The fraction of sp³-hybridized carbons (Fsp3) is 0.929. The van der Waals surface area contributed by atoms with Gasteiger partial charge in [-0.05, 0) is 39.0 Å². The van der Waals surface area contributed by atoms with Crippen molar-refractivity contribution in [2.45, 2.75) is 65.5 Å². The SMILES string of the molecule is CC(C)CN(C(=O)C1CCCC(N)C1)C(C)C.Cl. The lowest BCUT2D eigenvalue weighted by atomic mass is 9.85. The first-order chi connectivity index (χ1) is 7.91. The van der Waals surface area contributed by atoms with E-state index in [1.807, 2.05) is 4.90 Å². The van der Waals surface area contributed by atoms with Gasteiger partial charge in [0, 0.05) is 24.5 Å². The Kier molecular flexibility index (Phi) is 7.88. The maximum absolute atomic E-state index is 12.5.